The van der Waals surface area contributed by atoms with Gasteiger partial charge < -0.3 is 14.2 Å². The van der Waals surface area contributed by atoms with Crippen LogP contribution in [0, 0.1) is 5.41 Å². The number of hydrogen-bond acceptors (Lipinski definition) is 7. The molecular weight excluding hydrogens is 521 g/mol. The summed E-state index contributed by atoms with van der Waals surface area (Å²) in [5.41, 5.74) is 1.77. The first kappa shape index (κ1) is 26.2. The highest BCUT2D eigenvalue weighted by molar-refractivity contribution is 8.13. The number of carbonyl (C=O) groups is 2. The average Bonchev–Trinajstić information content (AvgIpc) is 3.29. The molecule has 0 aliphatic carbocycles. The standard InChI is InChI=1S/C27H23Cl2NO5S/c28-20-10-6-18(7-11-20)26(31)33-15-24-22(35-27(32)19-8-12-21(29)13-9-19)14-23(34-24)25(30)36-16-17-4-2-1-3-5-17/h1-13,22-24,30H,14-16H2/t22-,23+,24+/m0/s1. The number of ether oxygens (including phenoxy) is 3. The van der Waals surface area contributed by atoms with Crippen LogP contribution in [0.1, 0.15) is 32.7 Å². The molecule has 0 amide bonds. The van der Waals surface area contributed by atoms with Crippen LogP contribution in [-0.2, 0) is 20.0 Å². The van der Waals surface area contributed by atoms with Gasteiger partial charge in [0.05, 0.1) is 16.2 Å². The monoisotopic (exact) mass is 543 g/mol. The van der Waals surface area contributed by atoms with Gasteiger partial charge in [-0.05, 0) is 54.1 Å². The van der Waals surface area contributed by atoms with Crippen LogP contribution in [-0.4, -0.2) is 41.9 Å². The van der Waals surface area contributed by atoms with Crippen molar-refractivity contribution in [2.24, 2.45) is 0 Å². The third kappa shape index (κ3) is 7.11. The molecule has 3 aromatic rings. The maximum absolute atomic E-state index is 12.7. The van der Waals surface area contributed by atoms with Crippen LogP contribution in [0.25, 0.3) is 0 Å². The van der Waals surface area contributed by atoms with E-state index in [0.717, 1.165) is 5.56 Å². The molecule has 1 fully saturated rings. The number of rotatable bonds is 8. The predicted molar refractivity (Wildman–Crippen MR) is 141 cm³/mol. The number of hydrogen-bond donors (Lipinski definition) is 1. The Morgan fingerprint density at radius 3 is 2.08 bits per heavy atom. The maximum atomic E-state index is 12.7. The fourth-order valence-corrected chi connectivity index (χ4v) is 4.71. The van der Waals surface area contributed by atoms with Crippen molar-refractivity contribution in [3.63, 3.8) is 0 Å². The van der Waals surface area contributed by atoms with E-state index in [9.17, 15) is 9.59 Å². The third-order valence-electron chi connectivity index (χ3n) is 5.53. The van der Waals surface area contributed by atoms with E-state index in [1.807, 2.05) is 30.3 Å². The summed E-state index contributed by atoms with van der Waals surface area (Å²) in [7, 11) is 0. The van der Waals surface area contributed by atoms with Crippen molar-refractivity contribution in [3.8, 4) is 0 Å². The summed E-state index contributed by atoms with van der Waals surface area (Å²) < 4.78 is 17.2. The quantitative estimate of drug-likeness (QED) is 0.200. The number of benzene rings is 3. The van der Waals surface area contributed by atoms with E-state index in [1.54, 1.807) is 48.5 Å². The van der Waals surface area contributed by atoms with Gasteiger partial charge in [-0.15, -0.1) is 11.8 Å². The lowest BCUT2D eigenvalue weighted by Gasteiger charge is -2.19. The lowest BCUT2D eigenvalue weighted by molar-refractivity contribution is -0.0334. The fourth-order valence-electron chi connectivity index (χ4n) is 3.60. The molecule has 3 aromatic carbocycles. The number of esters is 2. The molecule has 1 heterocycles. The summed E-state index contributed by atoms with van der Waals surface area (Å²) in [6.45, 7) is -0.132. The molecule has 0 bridgehead atoms. The van der Waals surface area contributed by atoms with E-state index < -0.39 is 30.3 Å². The molecule has 1 aliphatic heterocycles. The first-order valence-corrected chi connectivity index (χ1v) is 12.9. The SMILES string of the molecule is N=C(SCc1ccccc1)[C@H]1C[C@H](OC(=O)c2ccc(Cl)cc2)[C@@H](COC(=O)c2ccc(Cl)cc2)O1. The second kappa shape index (κ2) is 12.4. The largest absolute Gasteiger partial charge is 0.459 e. The normalized spacial score (nSPS) is 19.0. The van der Waals surface area contributed by atoms with Gasteiger partial charge in [0.2, 0.25) is 0 Å². The van der Waals surface area contributed by atoms with Crippen LogP contribution in [0.5, 0.6) is 0 Å². The lowest BCUT2D eigenvalue weighted by atomic mass is 10.1. The van der Waals surface area contributed by atoms with Crippen LogP contribution >= 0.6 is 35.0 Å². The molecule has 0 saturated carbocycles. The van der Waals surface area contributed by atoms with Crippen molar-refractivity contribution < 1.29 is 23.8 Å². The van der Waals surface area contributed by atoms with Gasteiger partial charge >= 0.3 is 11.9 Å². The smallest absolute Gasteiger partial charge is 0.338 e. The minimum atomic E-state index is -0.722. The van der Waals surface area contributed by atoms with Crippen molar-refractivity contribution >= 4 is 51.9 Å². The first-order chi connectivity index (χ1) is 17.4. The Bertz CT molecular complexity index is 1210. The molecule has 0 aromatic heterocycles. The third-order valence-corrected chi connectivity index (χ3v) is 7.08. The molecule has 1 aliphatic rings. The zero-order valence-corrected chi connectivity index (χ0v) is 21.4. The number of nitrogens with one attached hydrogen (secondary N) is 1. The van der Waals surface area contributed by atoms with Gasteiger partial charge in [0, 0.05) is 22.2 Å². The van der Waals surface area contributed by atoms with Crippen LogP contribution in [0.4, 0.5) is 0 Å². The summed E-state index contributed by atoms with van der Waals surface area (Å²) in [5, 5.41) is 9.85. The second-order valence-electron chi connectivity index (χ2n) is 8.09. The average molecular weight is 544 g/mol. The summed E-state index contributed by atoms with van der Waals surface area (Å²) in [6, 6.07) is 22.5. The Hall–Kier alpha value is -2.84. The zero-order chi connectivity index (χ0) is 25.5. The van der Waals surface area contributed by atoms with Gasteiger partial charge in [-0.1, -0.05) is 53.5 Å². The van der Waals surface area contributed by atoms with E-state index >= 15 is 0 Å². The van der Waals surface area contributed by atoms with E-state index in [1.165, 1.54) is 11.8 Å². The van der Waals surface area contributed by atoms with Crippen LogP contribution in [0.15, 0.2) is 78.9 Å². The van der Waals surface area contributed by atoms with Gasteiger partial charge in [0.1, 0.15) is 24.9 Å². The van der Waals surface area contributed by atoms with E-state index in [2.05, 4.69) is 0 Å². The topological polar surface area (TPSA) is 85.7 Å². The molecule has 1 N–H and O–H groups in total. The molecule has 4 rings (SSSR count). The summed E-state index contributed by atoms with van der Waals surface area (Å²) in [6.07, 6.45) is -1.72. The molecule has 6 nitrogen and oxygen atoms in total. The Morgan fingerprint density at radius 2 is 1.47 bits per heavy atom. The number of thioether (sulfide) groups is 1. The Kier molecular flexibility index (Phi) is 9.04. The van der Waals surface area contributed by atoms with Gasteiger partial charge in [-0.2, -0.15) is 0 Å². The number of carbonyl (C=O) groups excluding carboxylic acids is 2. The summed E-state index contributed by atoms with van der Waals surface area (Å²) >= 11 is 13.2. The van der Waals surface area contributed by atoms with Gasteiger partial charge in [-0.3, -0.25) is 5.41 Å². The van der Waals surface area contributed by atoms with E-state index in [-0.39, 0.29) is 13.0 Å². The summed E-state index contributed by atoms with van der Waals surface area (Å²) in [5.74, 6) is -0.473. The van der Waals surface area contributed by atoms with Crippen molar-refractivity contribution in [2.45, 2.75) is 30.5 Å². The lowest BCUT2D eigenvalue weighted by Crippen LogP contribution is -2.32. The Balaban J connectivity index is 1.41. The highest BCUT2D eigenvalue weighted by Crippen LogP contribution is 2.30. The molecule has 36 heavy (non-hydrogen) atoms. The molecule has 0 radical (unpaired) electrons. The Labute approximate surface area is 223 Å². The van der Waals surface area contributed by atoms with Crippen LogP contribution < -0.4 is 0 Å². The number of halogens is 2. The van der Waals surface area contributed by atoms with Crippen LogP contribution in [0.3, 0.4) is 0 Å². The van der Waals surface area contributed by atoms with E-state index in [4.69, 9.17) is 42.8 Å². The molecule has 1 saturated heterocycles. The Morgan fingerprint density at radius 1 is 0.889 bits per heavy atom. The van der Waals surface area contributed by atoms with Crippen molar-refractivity contribution in [2.75, 3.05) is 6.61 Å². The minimum Gasteiger partial charge on any atom is -0.459 e. The molecular formula is C27H23Cl2NO5S. The molecule has 3 atom stereocenters. The van der Waals surface area contributed by atoms with Gasteiger partial charge in [0.25, 0.3) is 0 Å². The van der Waals surface area contributed by atoms with Gasteiger partial charge in [0.15, 0.2) is 0 Å². The van der Waals surface area contributed by atoms with Gasteiger partial charge in [-0.25, -0.2) is 9.59 Å². The summed E-state index contributed by atoms with van der Waals surface area (Å²) in [4.78, 5) is 25.2. The second-order valence-corrected chi connectivity index (χ2v) is 9.98. The first-order valence-electron chi connectivity index (χ1n) is 11.2. The highest BCUT2D eigenvalue weighted by Gasteiger charge is 2.41. The molecule has 0 unspecified atom stereocenters. The van der Waals surface area contributed by atoms with Crippen molar-refractivity contribution in [3.05, 3.63) is 106 Å². The van der Waals surface area contributed by atoms with Crippen molar-refractivity contribution in [1.29, 1.82) is 5.41 Å². The molecule has 186 valence electrons. The van der Waals surface area contributed by atoms with Crippen molar-refractivity contribution in [1.82, 2.24) is 0 Å². The van der Waals surface area contributed by atoms with Crippen LogP contribution in [0.2, 0.25) is 10.0 Å². The fraction of sp³-hybridized carbons (Fsp3) is 0.222. The van der Waals surface area contributed by atoms with E-state index in [0.29, 0.717) is 32.0 Å². The molecule has 0 spiro atoms. The predicted octanol–water partition coefficient (Wildman–Crippen LogP) is 6.44. The molecule has 9 heteroatoms. The minimum absolute atomic E-state index is 0.132. The highest BCUT2D eigenvalue weighted by atomic mass is 35.5. The maximum Gasteiger partial charge on any atom is 0.338 e. The zero-order valence-electron chi connectivity index (χ0n) is 19.1.